The Morgan fingerprint density at radius 1 is 1.44 bits per heavy atom. The quantitative estimate of drug-likeness (QED) is 0.727. The van der Waals surface area contributed by atoms with Crippen LogP contribution in [-0.4, -0.2) is 37.2 Å². The molecule has 92 valence electrons. The van der Waals surface area contributed by atoms with E-state index in [1.807, 2.05) is 13.8 Å². The smallest absolute Gasteiger partial charge is 0.222 e. The van der Waals surface area contributed by atoms with Crippen molar-refractivity contribution in [3.63, 3.8) is 0 Å². The van der Waals surface area contributed by atoms with Gasteiger partial charge in [0.25, 0.3) is 0 Å². The third-order valence-electron chi connectivity index (χ3n) is 3.59. The van der Waals surface area contributed by atoms with Gasteiger partial charge in [-0.3, -0.25) is 4.79 Å². The molecule has 0 aromatic carbocycles. The molecule has 2 aliphatic heterocycles. The first-order valence-electron chi connectivity index (χ1n) is 6.26. The van der Waals surface area contributed by atoms with Gasteiger partial charge in [0.15, 0.2) is 0 Å². The van der Waals surface area contributed by atoms with Gasteiger partial charge in [-0.2, -0.15) is 0 Å². The molecule has 0 radical (unpaired) electrons. The Hall–Kier alpha value is -0.610. The van der Waals surface area contributed by atoms with Crippen molar-refractivity contribution in [1.29, 1.82) is 0 Å². The molecule has 0 unspecified atom stereocenters. The highest BCUT2D eigenvalue weighted by Gasteiger charge is 2.41. The number of ether oxygens (including phenoxy) is 1. The number of hydrogen-bond donors (Lipinski definition) is 2. The highest BCUT2D eigenvalue weighted by atomic mass is 16.5. The summed E-state index contributed by atoms with van der Waals surface area (Å²) >= 11 is 0. The number of amides is 1. The van der Waals surface area contributed by atoms with Crippen LogP contribution in [-0.2, 0) is 9.53 Å². The summed E-state index contributed by atoms with van der Waals surface area (Å²) in [5.74, 6) is 0.198. The minimum Gasteiger partial charge on any atom is -0.373 e. The van der Waals surface area contributed by atoms with Crippen LogP contribution >= 0.6 is 0 Å². The van der Waals surface area contributed by atoms with Crippen LogP contribution < -0.4 is 10.6 Å². The number of hydrogen-bond acceptors (Lipinski definition) is 3. The largest absolute Gasteiger partial charge is 0.373 e. The van der Waals surface area contributed by atoms with Gasteiger partial charge in [0.05, 0.1) is 18.2 Å². The summed E-state index contributed by atoms with van der Waals surface area (Å²) in [6.07, 6.45) is 3.12. The van der Waals surface area contributed by atoms with E-state index < -0.39 is 0 Å². The summed E-state index contributed by atoms with van der Waals surface area (Å²) in [6.45, 7) is 6.59. The molecule has 0 saturated carbocycles. The molecule has 4 heteroatoms. The Labute approximate surface area is 97.1 Å². The molecule has 0 aromatic rings. The van der Waals surface area contributed by atoms with Gasteiger partial charge in [-0.1, -0.05) is 13.8 Å². The highest BCUT2D eigenvalue weighted by molar-refractivity contribution is 5.78. The fraction of sp³-hybridized carbons (Fsp3) is 0.917. The van der Waals surface area contributed by atoms with E-state index in [1.54, 1.807) is 0 Å². The zero-order chi connectivity index (χ0) is 11.6. The maximum atomic E-state index is 11.6. The lowest BCUT2D eigenvalue weighted by Gasteiger charge is -2.32. The average molecular weight is 226 g/mol. The normalized spacial score (nSPS) is 28.6. The van der Waals surface area contributed by atoms with Crippen LogP contribution in [0, 0.1) is 5.92 Å². The first-order valence-corrected chi connectivity index (χ1v) is 6.26. The molecule has 2 N–H and O–H groups in total. The topological polar surface area (TPSA) is 50.4 Å². The molecule has 2 rings (SSSR count). The zero-order valence-electron chi connectivity index (χ0n) is 10.2. The van der Waals surface area contributed by atoms with Gasteiger partial charge < -0.3 is 15.4 Å². The van der Waals surface area contributed by atoms with Crippen LogP contribution in [0.4, 0.5) is 0 Å². The maximum absolute atomic E-state index is 11.6. The van der Waals surface area contributed by atoms with E-state index >= 15 is 0 Å². The lowest BCUT2D eigenvalue weighted by molar-refractivity contribution is -0.124. The minimum atomic E-state index is 0.0418. The summed E-state index contributed by atoms with van der Waals surface area (Å²) in [5, 5.41) is 6.41. The number of nitrogens with one attached hydrogen (secondary N) is 2. The monoisotopic (exact) mass is 226 g/mol. The Balaban J connectivity index is 1.85. The lowest BCUT2D eigenvalue weighted by Crippen LogP contribution is -2.43. The van der Waals surface area contributed by atoms with Crippen LogP contribution in [0.1, 0.15) is 33.1 Å². The van der Waals surface area contributed by atoms with E-state index in [2.05, 4.69) is 10.6 Å². The predicted octanol–water partition coefficient (Wildman–Crippen LogP) is 0.670. The van der Waals surface area contributed by atoms with Crippen LogP contribution in [0.15, 0.2) is 0 Å². The third kappa shape index (κ3) is 2.55. The molecule has 0 aliphatic carbocycles. The standard InChI is InChI=1S/C12H22N2O2/c1-9(2)11(15)14-10-7-12(16-8-10)3-5-13-6-4-12/h9-10,13H,3-8H2,1-2H3,(H,14,15)/t10-/m1/s1. The molecular weight excluding hydrogens is 204 g/mol. The van der Waals surface area contributed by atoms with E-state index in [4.69, 9.17) is 4.74 Å². The van der Waals surface area contributed by atoms with Gasteiger partial charge in [0.2, 0.25) is 5.91 Å². The van der Waals surface area contributed by atoms with Gasteiger partial charge >= 0.3 is 0 Å². The Bertz CT molecular complexity index is 260. The fourth-order valence-electron chi connectivity index (χ4n) is 2.54. The van der Waals surface area contributed by atoms with Crippen LogP contribution in [0.2, 0.25) is 0 Å². The third-order valence-corrected chi connectivity index (χ3v) is 3.59. The molecule has 1 spiro atoms. The van der Waals surface area contributed by atoms with Crippen molar-refractivity contribution in [1.82, 2.24) is 10.6 Å². The molecular formula is C12H22N2O2. The van der Waals surface area contributed by atoms with E-state index in [0.717, 1.165) is 32.4 Å². The molecule has 2 heterocycles. The Kier molecular flexibility index (Phi) is 3.50. The first kappa shape index (κ1) is 11.9. The van der Waals surface area contributed by atoms with E-state index in [-0.39, 0.29) is 23.5 Å². The molecule has 2 aliphatic rings. The Morgan fingerprint density at radius 3 is 2.75 bits per heavy atom. The first-order chi connectivity index (χ1) is 7.61. The lowest BCUT2D eigenvalue weighted by atomic mass is 9.88. The molecule has 0 aromatic heterocycles. The molecule has 2 fully saturated rings. The summed E-state index contributed by atoms with van der Waals surface area (Å²) < 4.78 is 5.92. The van der Waals surface area contributed by atoms with Crippen molar-refractivity contribution >= 4 is 5.91 Å². The summed E-state index contributed by atoms with van der Waals surface area (Å²) in [4.78, 5) is 11.6. The van der Waals surface area contributed by atoms with Gasteiger partial charge in [0.1, 0.15) is 0 Å². The van der Waals surface area contributed by atoms with Crippen molar-refractivity contribution in [2.75, 3.05) is 19.7 Å². The Morgan fingerprint density at radius 2 is 2.12 bits per heavy atom. The van der Waals surface area contributed by atoms with Crippen LogP contribution in [0.5, 0.6) is 0 Å². The minimum absolute atomic E-state index is 0.0418. The molecule has 1 atom stereocenters. The number of carbonyl (C=O) groups is 1. The zero-order valence-corrected chi connectivity index (χ0v) is 10.2. The molecule has 4 nitrogen and oxygen atoms in total. The maximum Gasteiger partial charge on any atom is 0.222 e. The summed E-state index contributed by atoms with van der Waals surface area (Å²) in [7, 11) is 0. The molecule has 16 heavy (non-hydrogen) atoms. The summed E-state index contributed by atoms with van der Waals surface area (Å²) in [5.41, 5.74) is 0.0418. The SMILES string of the molecule is CC(C)C(=O)N[C@H]1COC2(CCNCC2)C1. The second kappa shape index (κ2) is 4.72. The molecule has 0 bridgehead atoms. The molecule has 1 amide bonds. The van der Waals surface area contributed by atoms with Crippen LogP contribution in [0.3, 0.4) is 0 Å². The predicted molar refractivity (Wildman–Crippen MR) is 62.2 cm³/mol. The number of piperidine rings is 1. The average Bonchev–Trinajstić information content (AvgIpc) is 2.62. The second-order valence-corrected chi connectivity index (χ2v) is 5.31. The van der Waals surface area contributed by atoms with Crippen molar-refractivity contribution in [2.24, 2.45) is 5.92 Å². The van der Waals surface area contributed by atoms with Crippen LogP contribution in [0.25, 0.3) is 0 Å². The van der Waals surface area contributed by atoms with Gasteiger partial charge in [-0.25, -0.2) is 0 Å². The van der Waals surface area contributed by atoms with Crippen molar-refractivity contribution < 1.29 is 9.53 Å². The van der Waals surface area contributed by atoms with E-state index in [0.29, 0.717) is 6.61 Å². The number of carbonyl (C=O) groups excluding carboxylic acids is 1. The number of rotatable bonds is 2. The van der Waals surface area contributed by atoms with Gasteiger partial charge in [0, 0.05) is 5.92 Å². The van der Waals surface area contributed by atoms with Crippen molar-refractivity contribution in [3.05, 3.63) is 0 Å². The van der Waals surface area contributed by atoms with Crippen molar-refractivity contribution in [2.45, 2.75) is 44.8 Å². The second-order valence-electron chi connectivity index (χ2n) is 5.31. The molecule has 2 saturated heterocycles. The summed E-state index contributed by atoms with van der Waals surface area (Å²) in [6, 6.07) is 0.216. The van der Waals surface area contributed by atoms with E-state index in [9.17, 15) is 4.79 Å². The van der Waals surface area contributed by atoms with Gasteiger partial charge in [-0.15, -0.1) is 0 Å². The van der Waals surface area contributed by atoms with Crippen molar-refractivity contribution in [3.8, 4) is 0 Å². The fourth-order valence-corrected chi connectivity index (χ4v) is 2.54. The highest BCUT2D eigenvalue weighted by Crippen LogP contribution is 2.33. The van der Waals surface area contributed by atoms with Gasteiger partial charge in [-0.05, 0) is 32.4 Å². The van der Waals surface area contributed by atoms with E-state index in [1.165, 1.54) is 0 Å².